The molecule has 106 valence electrons. The van der Waals surface area contributed by atoms with E-state index in [2.05, 4.69) is 0 Å². The van der Waals surface area contributed by atoms with Gasteiger partial charge in [0.05, 0.1) is 5.69 Å². The molecule has 1 aliphatic rings. The van der Waals surface area contributed by atoms with Crippen LogP contribution in [0.2, 0.25) is 0 Å². The highest BCUT2D eigenvalue weighted by Gasteiger charge is 2.30. The molecule has 1 aliphatic heterocycles. The molecule has 0 aromatic heterocycles. The van der Waals surface area contributed by atoms with Gasteiger partial charge >= 0.3 is 0 Å². The molecule has 2 aromatic rings. The van der Waals surface area contributed by atoms with E-state index in [0.717, 1.165) is 5.75 Å². The van der Waals surface area contributed by atoms with E-state index in [1.165, 1.54) is 10.5 Å². The zero-order valence-corrected chi connectivity index (χ0v) is 11.7. The average Bonchev–Trinajstić information content (AvgIpc) is 2.82. The molecule has 1 heterocycles. The number of benzene rings is 2. The Balaban J connectivity index is 1.76. The van der Waals surface area contributed by atoms with Gasteiger partial charge in [0.1, 0.15) is 11.5 Å². The predicted molar refractivity (Wildman–Crippen MR) is 79.4 cm³/mol. The van der Waals surface area contributed by atoms with E-state index in [-0.39, 0.29) is 11.8 Å². The summed E-state index contributed by atoms with van der Waals surface area (Å²) < 4.78 is 5.72. The maximum atomic E-state index is 11.7. The van der Waals surface area contributed by atoms with Crippen LogP contribution in [0.1, 0.15) is 18.4 Å². The Morgan fingerprint density at radius 3 is 1.81 bits per heavy atom. The van der Waals surface area contributed by atoms with E-state index in [1.54, 1.807) is 24.3 Å². The highest BCUT2D eigenvalue weighted by Crippen LogP contribution is 2.27. The molecule has 1 fully saturated rings. The van der Waals surface area contributed by atoms with Gasteiger partial charge in [0, 0.05) is 12.8 Å². The quantitative estimate of drug-likeness (QED) is 0.810. The molecule has 4 nitrogen and oxygen atoms in total. The number of rotatable bonds is 3. The first-order valence-electron chi connectivity index (χ1n) is 6.84. The summed E-state index contributed by atoms with van der Waals surface area (Å²) in [6, 6.07) is 14.7. The third-order valence-electron chi connectivity index (χ3n) is 3.40. The van der Waals surface area contributed by atoms with Crippen LogP contribution in [0, 0.1) is 6.92 Å². The lowest BCUT2D eigenvalue weighted by Crippen LogP contribution is -2.28. The Kier molecular flexibility index (Phi) is 3.44. The van der Waals surface area contributed by atoms with Gasteiger partial charge in [0.2, 0.25) is 11.8 Å². The summed E-state index contributed by atoms with van der Waals surface area (Å²) in [7, 11) is 0. The molecule has 0 aliphatic carbocycles. The predicted octanol–water partition coefficient (Wildman–Crippen LogP) is 3.44. The van der Waals surface area contributed by atoms with Crippen LogP contribution in [0.3, 0.4) is 0 Å². The Hall–Kier alpha value is -2.62. The van der Waals surface area contributed by atoms with E-state index in [9.17, 15) is 9.59 Å². The summed E-state index contributed by atoms with van der Waals surface area (Å²) in [6.45, 7) is 2.02. The first-order chi connectivity index (χ1) is 10.1. The first kappa shape index (κ1) is 13.4. The Labute approximate surface area is 123 Å². The number of hydrogen-bond acceptors (Lipinski definition) is 3. The minimum atomic E-state index is -0.146. The first-order valence-corrected chi connectivity index (χ1v) is 6.84. The van der Waals surface area contributed by atoms with Crippen molar-refractivity contribution in [3.05, 3.63) is 54.1 Å². The minimum Gasteiger partial charge on any atom is -0.457 e. The Bertz CT molecular complexity index is 658. The van der Waals surface area contributed by atoms with E-state index < -0.39 is 0 Å². The summed E-state index contributed by atoms with van der Waals surface area (Å²) in [5, 5.41) is 0. The molecular formula is C17H15NO3. The average molecular weight is 281 g/mol. The van der Waals surface area contributed by atoms with Gasteiger partial charge in [-0.3, -0.25) is 14.5 Å². The molecule has 2 aromatic carbocycles. The number of nitrogens with zero attached hydrogens (tertiary/aromatic N) is 1. The second-order valence-corrected chi connectivity index (χ2v) is 5.03. The Morgan fingerprint density at radius 1 is 0.810 bits per heavy atom. The van der Waals surface area contributed by atoms with Gasteiger partial charge in [-0.05, 0) is 43.3 Å². The van der Waals surface area contributed by atoms with Gasteiger partial charge in [0.15, 0.2) is 0 Å². The number of hydrogen-bond donors (Lipinski definition) is 0. The summed E-state index contributed by atoms with van der Waals surface area (Å²) in [6.07, 6.45) is 0.584. The van der Waals surface area contributed by atoms with Gasteiger partial charge in [0.25, 0.3) is 0 Å². The number of aryl methyl sites for hydroxylation is 1. The third kappa shape index (κ3) is 2.79. The summed E-state index contributed by atoms with van der Waals surface area (Å²) >= 11 is 0. The van der Waals surface area contributed by atoms with Gasteiger partial charge in [-0.25, -0.2) is 0 Å². The van der Waals surface area contributed by atoms with Crippen molar-refractivity contribution in [3.63, 3.8) is 0 Å². The number of imide groups is 1. The van der Waals surface area contributed by atoms with Crippen molar-refractivity contribution in [1.82, 2.24) is 0 Å². The fourth-order valence-corrected chi connectivity index (χ4v) is 2.27. The maximum Gasteiger partial charge on any atom is 0.234 e. The molecule has 3 rings (SSSR count). The Morgan fingerprint density at radius 2 is 1.29 bits per heavy atom. The molecule has 21 heavy (non-hydrogen) atoms. The molecule has 2 amide bonds. The lowest BCUT2D eigenvalue weighted by Gasteiger charge is -2.14. The molecule has 4 heteroatoms. The van der Waals surface area contributed by atoms with Crippen molar-refractivity contribution in [2.75, 3.05) is 4.90 Å². The SMILES string of the molecule is Cc1ccc(Oc2ccc(N3C(=O)CCC3=O)cc2)cc1. The highest BCUT2D eigenvalue weighted by molar-refractivity contribution is 6.19. The van der Waals surface area contributed by atoms with Crippen molar-refractivity contribution >= 4 is 17.5 Å². The van der Waals surface area contributed by atoms with E-state index in [4.69, 9.17) is 4.74 Å². The lowest BCUT2D eigenvalue weighted by molar-refractivity contribution is -0.121. The number of anilines is 1. The molecule has 0 unspecified atom stereocenters. The van der Waals surface area contributed by atoms with E-state index in [0.29, 0.717) is 24.3 Å². The zero-order chi connectivity index (χ0) is 14.8. The monoisotopic (exact) mass is 281 g/mol. The molecule has 0 bridgehead atoms. The number of carbonyl (C=O) groups is 2. The normalized spacial score (nSPS) is 14.6. The van der Waals surface area contributed by atoms with Crippen molar-refractivity contribution < 1.29 is 14.3 Å². The standard InChI is InChI=1S/C17H15NO3/c1-12-2-6-14(7-3-12)21-15-8-4-13(5-9-15)18-16(19)10-11-17(18)20/h2-9H,10-11H2,1H3. The molecule has 0 radical (unpaired) electrons. The lowest BCUT2D eigenvalue weighted by atomic mass is 10.2. The summed E-state index contributed by atoms with van der Waals surface area (Å²) in [4.78, 5) is 24.6. The number of amides is 2. The summed E-state index contributed by atoms with van der Waals surface area (Å²) in [5.74, 6) is 1.13. The highest BCUT2D eigenvalue weighted by atomic mass is 16.5. The van der Waals surface area contributed by atoms with E-state index >= 15 is 0 Å². The molecule has 1 saturated heterocycles. The van der Waals surface area contributed by atoms with Crippen LogP contribution >= 0.6 is 0 Å². The number of ether oxygens (including phenoxy) is 1. The van der Waals surface area contributed by atoms with Crippen LogP contribution in [0.5, 0.6) is 11.5 Å². The van der Waals surface area contributed by atoms with E-state index in [1.807, 2.05) is 31.2 Å². The molecule has 0 N–H and O–H groups in total. The summed E-state index contributed by atoms with van der Waals surface area (Å²) in [5.41, 5.74) is 1.77. The zero-order valence-electron chi connectivity index (χ0n) is 11.7. The van der Waals surface area contributed by atoms with Crippen LogP contribution in [0.4, 0.5) is 5.69 Å². The van der Waals surface area contributed by atoms with Crippen LogP contribution in [0.25, 0.3) is 0 Å². The van der Waals surface area contributed by atoms with Gasteiger partial charge in [-0.2, -0.15) is 0 Å². The van der Waals surface area contributed by atoms with Gasteiger partial charge < -0.3 is 4.74 Å². The third-order valence-corrected chi connectivity index (χ3v) is 3.40. The number of carbonyl (C=O) groups excluding carboxylic acids is 2. The van der Waals surface area contributed by atoms with Crippen LogP contribution < -0.4 is 9.64 Å². The van der Waals surface area contributed by atoms with Crippen LogP contribution in [0.15, 0.2) is 48.5 Å². The van der Waals surface area contributed by atoms with Crippen molar-refractivity contribution in [2.24, 2.45) is 0 Å². The van der Waals surface area contributed by atoms with Crippen molar-refractivity contribution in [3.8, 4) is 11.5 Å². The van der Waals surface area contributed by atoms with Crippen molar-refractivity contribution in [2.45, 2.75) is 19.8 Å². The maximum absolute atomic E-state index is 11.7. The molecule has 0 atom stereocenters. The fourth-order valence-electron chi connectivity index (χ4n) is 2.27. The minimum absolute atomic E-state index is 0.146. The molecule has 0 spiro atoms. The van der Waals surface area contributed by atoms with Crippen LogP contribution in [-0.2, 0) is 9.59 Å². The molecular weight excluding hydrogens is 266 g/mol. The van der Waals surface area contributed by atoms with Crippen LogP contribution in [-0.4, -0.2) is 11.8 Å². The molecule has 0 saturated carbocycles. The van der Waals surface area contributed by atoms with Crippen molar-refractivity contribution in [1.29, 1.82) is 0 Å². The largest absolute Gasteiger partial charge is 0.457 e. The fraction of sp³-hybridized carbons (Fsp3) is 0.176. The second kappa shape index (κ2) is 5.40. The van der Waals surface area contributed by atoms with Gasteiger partial charge in [-0.15, -0.1) is 0 Å². The second-order valence-electron chi connectivity index (χ2n) is 5.03. The topological polar surface area (TPSA) is 46.6 Å². The van der Waals surface area contributed by atoms with Gasteiger partial charge in [-0.1, -0.05) is 17.7 Å². The smallest absolute Gasteiger partial charge is 0.234 e.